The third-order valence-electron chi connectivity index (χ3n) is 3.41. The second-order valence-electron chi connectivity index (χ2n) is 4.73. The SMILES string of the molecule is CCC(C)c1ccc(-c2cc(C)c(N)nn2)cc1. The zero-order chi connectivity index (χ0) is 13.1. The second kappa shape index (κ2) is 5.17. The molecule has 0 radical (unpaired) electrons. The van der Waals surface area contributed by atoms with E-state index in [-0.39, 0.29) is 0 Å². The fourth-order valence-corrected chi connectivity index (χ4v) is 1.85. The van der Waals surface area contributed by atoms with Crippen LogP contribution in [0.25, 0.3) is 11.3 Å². The maximum absolute atomic E-state index is 5.68. The summed E-state index contributed by atoms with van der Waals surface area (Å²) in [4.78, 5) is 0. The molecule has 0 amide bonds. The summed E-state index contributed by atoms with van der Waals surface area (Å²) in [6, 6.07) is 10.5. The largest absolute Gasteiger partial charge is 0.382 e. The summed E-state index contributed by atoms with van der Waals surface area (Å²) in [6.45, 7) is 6.39. The minimum absolute atomic E-state index is 0.495. The van der Waals surface area contributed by atoms with Crippen LogP contribution in [0.1, 0.15) is 37.3 Å². The molecular weight excluding hydrogens is 222 g/mol. The van der Waals surface area contributed by atoms with E-state index in [1.165, 1.54) is 5.56 Å². The lowest BCUT2D eigenvalue weighted by Gasteiger charge is -2.09. The Hall–Kier alpha value is -1.90. The molecule has 0 bridgehead atoms. The fourth-order valence-electron chi connectivity index (χ4n) is 1.85. The summed E-state index contributed by atoms with van der Waals surface area (Å²) in [5.41, 5.74) is 9.96. The average Bonchev–Trinajstić information content (AvgIpc) is 2.41. The molecule has 3 nitrogen and oxygen atoms in total. The van der Waals surface area contributed by atoms with Gasteiger partial charge >= 0.3 is 0 Å². The molecule has 1 aromatic carbocycles. The molecule has 18 heavy (non-hydrogen) atoms. The van der Waals surface area contributed by atoms with Crippen molar-refractivity contribution in [3.8, 4) is 11.3 Å². The van der Waals surface area contributed by atoms with E-state index in [4.69, 9.17) is 5.73 Å². The number of aryl methyl sites for hydroxylation is 1. The Bertz CT molecular complexity index is 532. The van der Waals surface area contributed by atoms with Crippen LogP contribution >= 0.6 is 0 Å². The standard InChI is InChI=1S/C15H19N3/c1-4-10(2)12-5-7-13(8-6-12)14-9-11(3)15(16)18-17-14/h5-10H,4H2,1-3H3,(H2,16,18). The first-order chi connectivity index (χ1) is 8.61. The van der Waals surface area contributed by atoms with Crippen molar-refractivity contribution >= 4 is 5.82 Å². The molecule has 1 atom stereocenters. The number of anilines is 1. The van der Waals surface area contributed by atoms with Gasteiger partial charge in [0.15, 0.2) is 0 Å². The van der Waals surface area contributed by atoms with Crippen molar-refractivity contribution in [1.29, 1.82) is 0 Å². The zero-order valence-corrected chi connectivity index (χ0v) is 11.1. The molecule has 2 rings (SSSR count). The first-order valence-electron chi connectivity index (χ1n) is 6.32. The van der Waals surface area contributed by atoms with Crippen LogP contribution in [0.5, 0.6) is 0 Å². The Labute approximate surface area is 108 Å². The summed E-state index contributed by atoms with van der Waals surface area (Å²) < 4.78 is 0. The molecule has 0 aliphatic heterocycles. The number of nitrogens with two attached hydrogens (primary N) is 1. The van der Waals surface area contributed by atoms with Crippen LogP contribution < -0.4 is 5.73 Å². The number of nitrogen functional groups attached to an aromatic ring is 1. The first kappa shape index (κ1) is 12.6. The molecule has 1 heterocycles. The molecule has 0 saturated carbocycles. The first-order valence-corrected chi connectivity index (χ1v) is 6.32. The van der Waals surface area contributed by atoms with Gasteiger partial charge in [0.25, 0.3) is 0 Å². The highest BCUT2D eigenvalue weighted by atomic mass is 15.1. The number of nitrogens with zero attached hydrogens (tertiary/aromatic N) is 2. The number of aromatic nitrogens is 2. The van der Waals surface area contributed by atoms with Crippen molar-refractivity contribution in [3.05, 3.63) is 41.5 Å². The van der Waals surface area contributed by atoms with Crippen molar-refractivity contribution < 1.29 is 0 Å². The molecule has 1 aromatic heterocycles. The summed E-state index contributed by atoms with van der Waals surface area (Å²) in [7, 11) is 0. The lowest BCUT2D eigenvalue weighted by molar-refractivity contribution is 0.734. The van der Waals surface area contributed by atoms with Gasteiger partial charge in [-0.05, 0) is 36.5 Å². The van der Waals surface area contributed by atoms with E-state index in [0.717, 1.165) is 23.2 Å². The molecule has 94 valence electrons. The van der Waals surface area contributed by atoms with Gasteiger partial charge in [-0.3, -0.25) is 0 Å². The summed E-state index contributed by atoms with van der Waals surface area (Å²) >= 11 is 0. The summed E-state index contributed by atoms with van der Waals surface area (Å²) in [6.07, 6.45) is 1.15. The monoisotopic (exact) mass is 241 g/mol. The third-order valence-corrected chi connectivity index (χ3v) is 3.41. The highest BCUT2D eigenvalue weighted by Gasteiger charge is 2.05. The van der Waals surface area contributed by atoms with Crippen LogP contribution in [0.4, 0.5) is 5.82 Å². The zero-order valence-electron chi connectivity index (χ0n) is 11.1. The Morgan fingerprint density at radius 1 is 1.17 bits per heavy atom. The van der Waals surface area contributed by atoms with Crippen LogP contribution in [-0.2, 0) is 0 Å². The Kier molecular flexibility index (Phi) is 3.60. The van der Waals surface area contributed by atoms with Crippen molar-refractivity contribution in [1.82, 2.24) is 10.2 Å². The van der Waals surface area contributed by atoms with E-state index in [2.05, 4.69) is 48.3 Å². The molecule has 0 fully saturated rings. The molecule has 1 unspecified atom stereocenters. The number of hydrogen-bond acceptors (Lipinski definition) is 3. The highest BCUT2D eigenvalue weighted by Crippen LogP contribution is 2.23. The topological polar surface area (TPSA) is 51.8 Å². The Balaban J connectivity index is 2.31. The molecule has 0 aliphatic carbocycles. The molecule has 3 heteroatoms. The van der Waals surface area contributed by atoms with Gasteiger partial charge in [0.05, 0.1) is 5.69 Å². The van der Waals surface area contributed by atoms with E-state index in [9.17, 15) is 0 Å². The molecule has 0 spiro atoms. The van der Waals surface area contributed by atoms with Crippen molar-refractivity contribution in [2.45, 2.75) is 33.1 Å². The van der Waals surface area contributed by atoms with Gasteiger partial charge in [-0.1, -0.05) is 38.1 Å². The lowest BCUT2D eigenvalue weighted by atomic mass is 9.97. The predicted octanol–water partition coefficient (Wildman–Crippen LogP) is 3.55. The number of rotatable bonds is 3. The fraction of sp³-hybridized carbons (Fsp3) is 0.333. The van der Waals surface area contributed by atoms with Crippen molar-refractivity contribution in [2.24, 2.45) is 0 Å². The van der Waals surface area contributed by atoms with Gasteiger partial charge in [0.2, 0.25) is 0 Å². The number of hydrogen-bond donors (Lipinski definition) is 1. The second-order valence-corrected chi connectivity index (χ2v) is 4.73. The molecule has 0 aliphatic rings. The van der Waals surface area contributed by atoms with Crippen LogP contribution in [0.15, 0.2) is 30.3 Å². The Morgan fingerprint density at radius 2 is 1.83 bits per heavy atom. The Morgan fingerprint density at radius 3 is 2.39 bits per heavy atom. The maximum Gasteiger partial charge on any atom is 0.149 e. The van der Waals surface area contributed by atoms with Crippen LogP contribution in [0, 0.1) is 6.92 Å². The minimum Gasteiger partial charge on any atom is -0.382 e. The third kappa shape index (κ3) is 2.50. The molecular formula is C15H19N3. The van der Waals surface area contributed by atoms with Crippen molar-refractivity contribution in [2.75, 3.05) is 5.73 Å². The predicted molar refractivity (Wildman–Crippen MR) is 75.3 cm³/mol. The van der Waals surface area contributed by atoms with E-state index >= 15 is 0 Å². The van der Waals surface area contributed by atoms with Crippen molar-refractivity contribution in [3.63, 3.8) is 0 Å². The van der Waals surface area contributed by atoms with Gasteiger partial charge in [-0.15, -0.1) is 10.2 Å². The van der Waals surface area contributed by atoms with Gasteiger partial charge in [-0.25, -0.2) is 0 Å². The van der Waals surface area contributed by atoms with Crippen LogP contribution in [0.2, 0.25) is 0 Å². The van der Waals surface area contributed by atoms with E-state index < -0.39 is 0 Å². The van der Waals surface area contributed by atoms with Gasteiger partial charge in [-0.2, -0.15) is 0 Å². The molecule has 2 N–H and O–H groups in total. The minimum atomic E-state index is 0.495. The van der Waals surface area contributed by atoms with Gasteiger partial charge in [0, 0.05) is 5.56 Å². The normalized spacial score (nSPS) is 12.4. The average molecular weight is 241 g/mol. The van der Waals surface area contributed by atoms with Gasteiger partial charge < -0.3 is 5.73 Å². The summed E-state index contributed by atoms with van der Waals surface area (Å²) in [5.74, 6) is 1.09. The van der Waals surface area contributed by atoms with E-state index in [0.29, 0.717) is 11.7 Å². The summed E-state index contributed by atoms with van der Waals surface area (Å²) in [5, 5.41) is 8.09. The number of benzene rings is 1. The lowest BCUT2D eigenvalue weighted by Crippen LogP contribution is -1.98. The van der Waals surface area contributed by atoms with E-state index in [1.807, 2.05) is 13.0 Å². The van der Waals surface area contributed by atoms with Crippen LogP contribution in [-0.4, -0.2) is 10.2 Å². The van der Waals surface area contributed by atoms with Crippen LogP contribution in [0.3, 0.4) is 0 Å². The smallest absolute Gasteiger partial charge is 0.149 e. The quantitative estimate of drug-likeness (QED) is 0.894. The molecule has 0 saturated heterocycles. The van der Waals surface area contributed by atoms with E-state index in [1.54, 1.807) is 0 Å². The van der Waals surface area contributed by atoms with Gasteiger partial charge in [0.1, 0.15) is 5.82 Å². The molecule has 2 aromatic rings. The maximum atomic E-state index is 5.68. The highest BCUT2D eigenvalue weighted by molar-refractivity contribution is 5.61.